The van der Waals surface area contributed by atoms with E-state index in [0.717, 1.165) is 61.1 Å². The molecule has 6 aromatic carbocycles. The first-order valence-electron chi connectivity index (χ1n) is 15.8. The largest absolute Gasteiger partial charge is 0.456 e. The number of aromatic nitrogens is 2. The molecule has 218 valence electrons. The van der Waals surface area contributed by atoms with E-state index >= 15 is 0 Å². The van der Waals surface area contributed by atoms with Gasteiger partial charge in [0, 0.05) is 38.4 Å². The maximum atomic E-state index is 6.44. The first-order chi connectivity index (χ1) is 22.6. The van der Waals surface area contributed by atoms with Crippen LogP contribution in [0.1, 0.15) is 25.0 Å². The normalized spacial score (nSPS) is 13.2. The number of fused-ring (bicyclic) bond motifs is 6. The molecule has 0 N–H and O–H groups in total. The Morgan fingerprint density at radius 3 is 1.96 bits per heavy atom. The van der Waals surface area contributed by atoms with Crippen molar-refractivity contribution < 1.29 is 4.42 Å². The van der Waals surface area contributed by atoms with Gasteiger partial charge in [-0.25, -0.2) is 9.97 Å². The maximum absolute atomic E-state index is 6.44. The van der Waals surface area contributed by atoms with Gasteiger partial charge in [-0.3, -0.25) is 0 Å². The van der Waals surface area contributed by atoms with Crippen molar-refractivity contribution in [3.05, 3.63) is 157 Å². The predicted molar refractivity (Wildman–Crippen MR) is 189 cm³/mol. The summed E-state index contributed by atoms with van der Waals surface area (Å²) in [7, 11) is 0. The van der Waals surface area contributed by atoms with E-state index in [0.29, 0.717) is 5.82 Å². The van der Waals surface area contributed by atoms with Crippen molar-refractivity contribution in [1.29, 1.82) is 0 Å². The van der Waals surface area contributed by atoms with Gasteiger partial charge in [0.1, 0.15) is 11.2 Å². The molecule has 3 nitrogen and oxygen atoms in total. The topological polar surface area (TPSA) is 38.9 Å². The van der Waals surface area contributed by atoms with Gasteiger partial charge in [-0.2, -0.15) is 0 Å². The quantitative estimate of drug-likeness (QED) is 0.205. The van der Waals surface area contributed by atoms with E-state index in [1.807, 2.05) is 36.4 Å². The minimum Gasteiger partial charge on any atom is -0.456 e. The fourth-order valence-corrected chi connectivity index (χ4v) is 7.25. The smallest absolute Gasteiger partial charge is 0.160 e. The molecule has 46 heavy (non-hydrogen) atoms. The molecular weight excluding hydrogens is 560 g/mol. The van der Waals surface area contributed by atoms with Crippen molar-refractivity contribution in [1.82, 2.24) is 9.97 Å². The lowest BCUT2D eigenvalue weighted by molar-refractivity contribution is 0.660. The minimum absolute atomic E-state index is 0.121. The van der Waals surface area contributed by atoms with E-state index in [1.54, 1.807) is 0 Å². The highest BCUT2D eigenvalue weighted by Gasteiger charge is 2.35. The summed E-state index contributed by atoms with van der Waals surface area (Å²) in [6.45, 7) is 4.66. The number of benzene rings is 6. The zero-order valence-corrected chi connectivity index (χ0v) is 25.7. The molecule has 0 bridgehead atoms. The van der Waals surface area contributed by atoms with E-state index < -0.39 is 0 Å². The lowest BCUT2D eigenvalue weighted by Crippen LogP contribution is -2.14. The third-order valence-electron chi connectivity index (χ3n) is 9.52. The average molecular weight is 591 g/mol. The summed E-state index contributed by atoms with van der Waals surface area (Å²) in [6.07, 6.45) is 0. The van der Waals surface area contributed by atoms with Crippen LogP contribution in [0, 0.1) is 0 Å². The summed E-state index contributed by atoms with van der Waals surface area (Å²) in [5, 5.41) is 2.19. The van der Waals surface area contributed by atoms with E-state index in [1.165, 1.54) is 22.3 Å². The molecule has 1 aliphatic rings. The van der Waals surface area contributed by atoms with Crippen molar-refractivity contribution in [3.63, 3.8) is 0 Å². The van der Waals surface area contributed by atoms with Crippen molar-refractivity contribution in [2.24, 2.45) is 0 Å². The van der Waals surface area contributed by atoms with Gasteiger partial charge < -0.3 is 4.42 Å². The van der Waals surface area contributed by atoms with E-state index in [-0.39, 0.29) is 5.41 Å². The van der Waals surface area contributed by atoms with Gasteiger partial charge in [0.2, 0.25) is 0 Å². The Labute approximate surface area is 267 Å². The maximum Gasteiger partial charge on any atom is 0.160 e. The standard InChI is InChI=1S/C43H30N2O/c1-43(2)34-19-11-9-17-30(34)31-22-21-29(25-35(31)43)40-32(23-24-39-41(40)33-18-10-12-20-38(33)46-39)37-26-36(27-13-5-3-6-14-27)44-42(45-37)28-15-7-4-8-16-28/h3-26H,1-2H3. The molecule has 1 aliphatic carbocycles. The number of para-hydroxylation sites is 1. The molecule has 0 unspecified atom stereocenters. The zero-order valence-electron chi connectivity index (χ0n) is 25.7. The highest BCUT2D eigenvalue weighted by molar-refractivity contribution is 6.16. The monoisotopic (exact) mass is 590 g/mol. The Morgan fingerprint density at radius 2 is 1.13 bits per heavy atom. The molecule has 3 heteroatoms. The Hall–Kier alpha value is -5.80. The van der Waals surface area contributed by atoms with Gasteiger partial charge in [0.15, 0.2) is 5.82 Å². The van der Waals surface area contributed by atoms with Crippen LogP contribution in [0.15, 0.2) is 150 Å². The predicted octanol–water partition coefficient (Wildman–Crippen LogP) is 11.4. The first kappa shape index (κ1) is 26.6. The fraction of sp³-hybridized carbons (Fsp3) is 0.0698. The minimum atomic E-state index is -0.121. The highest BCUT2D eigenvalue weighted by Crippen LogP contribution is 2.51. The molecule has 0 aliphatic heterocycles. The summed E-state index contributed by atoms with van der Waals surface area (Å²) in [5.74, 6) is 0.700. The van der Waals surface area contributed by atoms with Gasteiger partial charge in [-0.1, -0.05) is 129 Å². The summed E-state index contributed by atoms with van der Waals surface area (Å²) in [5.41, 5.74) is 14.0. The van der Waals surface area contributed by atoms with Gasteiger partial charge in [0.05, 0.1) is 11.4 Å². The van der Waals surface area contributed by atoms with Crippen LogP contribution in [0.4, 0.5) is 0 Å². The Morgan fingerprint density at radius 1 is 0.478 bits per heavy atom. The van der Waals surface area contributed by atoms with Crippen LogP contribution in [0.2, 0.25) is 0 Å². The van der Waals surface area contributed by atoms with E-state index in [2.05, 4.69) is 123 Å². The van der Waals surface area contributed by atoms with Gasteiger partial charge >= 0.3 is 0 Å². The number of hydrogen-bond acceptors (Lipinski definition) is 3. The van der Waals surface area contributed by atoms with Crippen LogP contribution >= 0.6 is 0 Å². The Bertz CT molecular complexity index is 2380. The van der Waals surface area contributed by atoms with Crippen LogP contribution < -0.4 is 0 Å². The summed E-state index contributed by atoms with van der Waals surface area (Å²) in [4.78, 5) is 10.3. The summed E-state index contributed by atoms with van der Waals surface area (Å²) in [6, 6.07) is 51.1. The number of hydrogen-bond donors (Lipinski definition) is 0. The van der Waals surface area contributed by atoms with Gasteiger partial charge in [-0.15, -0.1) is 0 Å². The number of furan rings is 1. The Kier molecular flexibility index (Phi) is 5.85. The summed E-state index contributed by atoms with van der Waals surface area (Å²) >= 11 is 0. The number of nitrogens with zero attached hydrogens (tertiary/aromatic N) is 2. The van der Waals surface area contributed by atoms with E-state index in [9.17, 15) is 0 Å². The molecular formula is C43H30N2O. The second-order valence-corrected chi connectivity index (χ2v) is 12.6. The van der Waals surface area contributed by atoms with Crippen LogP contribution in [-0.4, -0.2) is 9.97 Å². The second-order valence-electron chi connectivity index (χ2n) is 12.6. The van der Waals surface area contributed by atoms with Crippen LogP contribution in [0.25, 0.3) is 78.1 Å². The molecule has 0 amide bonds. The lowest BCUT2D eigenvalue weighted by atomic mass is 9.81. The molecule has 0 fully saturated rings. The van der Waals surface area contributed by atoms with Crippen LogP contribution in [0.3, 0.4) is 0 Å². The lowest BCUT2D eigenvalue weighted by Gasteiger charge is -2.22. The third kappa shape index (κ3) is 4.05. The second kappa shape index (κ2) is 10.1. The SMILES string of the molecule is CC1(C)c2ccccc2-c2ccc(-c3c(-c4cc(-c5ccccc5)nc(-c5ccccc5)n4)ccc4oc5ccccc5c34)cc21. The molecule has 0 saturated heterocycles. The van der Waals surface area contributed by atoms with Crippen LogP contribution in [0.5, 0.6) is 0 Å². The molecule has 8 aromatic rings. The third-order valence-corrected chi connectivity index (χ3v) is 9.52. The van der Waals surface area contributed by atoms with Crippen molar-refractivity contribution in [2.75, 3.05) is 0 Å². The summed E-state index contributed by atoms with van der Waals surface area (Å²) < 4.78 is 6.44. The van der Waals surface area contributed by atoms with Gasteiger partial charge in [0.25, 0.3) is 0 Å². The van der Waals surface area contributed by atoms with Crippen molar-refractivity contribution >= 4 is 21.9 Å². The first-order valence-corrected chi connectivity index (χ1v) is 15.8. The fourth-order valence-electron chi connectivity index (χ4n) is 7.25. The molecule has 0 spiro atoms. The zero-order chi connectivity index (χ0) is 30.8. The Balaban J connectivity index is 1.35. The van der Waals surface area contributed by atoms with Gasteiger partial charge in [-0.05, 0) is 58.1 Å². The molecule has 0 radical (unpaired) electrons. The highest BCUT2D eigenvalue weighted by atomic mass is 16.3. The molecule has 2 heterocycles. The van der Waals surface area contributed by atoms with E-state index in [4.69, 9.17) is 14.4 Å². The molecule has 2 aromatic heterocycles. The molecule has 0 saturated carbocycles. The van der Waals surface area contributed by atoms with Crippen molar-refractivity contribution in [2.45, 2.75) is 19.3 Å². The van der Waals surface area contributed by atoms with Crippen molar-refractivity contribution in [3.8, 4) is 56.2 Å². The molecule has 9 rings (SSSR count). The number of rotatable bonds is 4. The average Bonchev–Trinajstić information content (AvgIpc) is 3.60. The molecule has 0 atom stereocenters. The van der Waals surface area contributed by atoms with Crippen LogP contribution in [-0.2, 0) is 5.41 Å².